The lowest BCUT2D eigenvalue weighted by Crippen LogP contribution is -2.68. The number of H-pyrrole nitrogens is 1. The van der Waals surface area contributed by atoms with Gasteiger partial charge in [0.05, 0.1) is 34.2 Å². The van der Waals surface area contributed by atoms with Crippen molar-refractivity contribution in [3.63, 3.8) is 0 Å². The molecule has 3 aliphatic rings. The molecule has 33 heavy (non-hydrogen) atoms. The number of aromatic amines is 1. The van der Waals surface area contributed by atoms with Gasteiger partial charge >= 0.3 is 4.87 Å². The molecule has 1 aliphatic carbocycles. The van der Waals surface area contributed by atoms with Gasteiger partial charge in [0.2, 0.25) is 5.91 Å². The van der Waals surface area contributed by atoms with E-state index in [1.807, 2.05) is 23.1 Å². The van der Waals surface area contributed by atoms with Crippen molar-refractivity contribution in [3.8, 4) is 0 Å². The second kappa shape index (κ2) is 7.09. The highest BCUT2D eigenvalue weighted by Gasteiger charge is 2.51. The molecule has 1 atom stereocenters. The number of amides is 1. The van der Waals surface area contributed by atoms with Gasteiger partial charge in [-0.25, -0.2) is 9.97 Å². The average molecular weight is 480 g/mol. The molecule has 2 saturated heterocycles. The molecule has 2 N–H and O–H groups in total. The van der Waals surface area contributed by atoms with Gasteiger partial charge < -0.3 is 19.9 Å². The normalized spacial score (nSPS) is 21.1. The van der Waals surface area contributed by atoms with Crippen LogP contribution in [-0.2, 0) is 22.4 Å². The fourth-order valence-corrected chi connectivity index (χ4v) is 7.37. The number of rotatable bonds is 3. The molecule has 2 aliphatic heterocycles. The van der Waals surface area contributed by atoms with Gasteiger partial charge in [0.25, 0.3) is 0 Å². The Kier molecular flexibility index (Phi) is 4.22. The summed E-state index contributed by atoms with van der Waals surface area (Å²) in [7, 11) is 0. The number of aryl methyl sites for hydroxylation is 1. The van der Waals surface area contributed by atoms with E-state index in [9.17, 15) is 9.59 Å². The maximum atomic E-state index is 13.1. The zero-order chi connectivity index (χ0) is 22.2. The number of carbonyl (C=O) groups excluding carboxylic acids is 1. The fraction of sp³-hybridized carbons (Fsp3) is 0.391. The summed E-state index contributed by atoms with van der Waals surface area (Å²) in [6.45, 7) is 3.29. The van der Waals surface area contributed by atoms with Crippen LogP contribution >= 0.6 is 22.7 Å². The van der Waals surface area contributed by atoms with E-state index in [4.69, 9.17) is 4.74 Å². The molecule has 1 aromatic carbocycles. The third-order valence-electron chi connectivity index (χ3n) is 7.06. The van der Waals surface area contributed by atoms with Crippen LogP contribution in [-0.4, -0.2) is 52.1 Å². The lowest BCUT2D eigenvalue weighted by molar-refractivity contribution is -0.197. The fourth-order valence-electron chi connectivity index (χ4n) is 5.33. The van der Waals surface area contributed by atoms with Crippen LogP contribution < -0.4 is 10.2 Å². The van der Waals surface area contributed by atoms with Gasteiger partial charge in [0, 0.05) is 29.6 Å². The topological polar surface area (TPSA) is 100 Å². The summed E-state index contributed by atoms with van der Waals surface area (Å²) in [5, 5.41) is 4.49. The molecule has 8 nitrogen and oxygen atoms in total. The predicted molar refractivity (Wildman–Crippen MR) is 128 cm³/mol. The number of ether oxygens (including phenoxy) is 1. The molecule has 10 heteroatoms. The maximum Gasteiger partial charge on any atom is 0.305 e. The Morgan fingerprint density at radius 2 is 2.12 bits per heavy atom. The lowest BCUT2D eigenvalue weighted by atomic mass is 9.76. The standard InChI is InChI=1S/C23H21N5O3S2/c29-21(28-7-23(8-28)9-31-10-23)12-1-3-14-16(5-12)32-20-18(14)19(24-11-25-20)26-13-2-4-15-17(6-13)33-22(30)27-15/h2,4,6,11-12H,1,3,5,7-10H2,(H,27,30)(H,24,25,26)/t12-/m1/s1. The van der Waals surface area contributed by atoms with Crippen molar-refractivity contribution in [2.45, 2.75) is 19.3 Å². The van der Waals surface area contributed by atoms with Gasteiger partial charge in [0.15, 0.2) is 0 Å². The first-order valence-corrected chi connectivity index (χ1v) is 12.7. The molecule has 7 rings (SSSR count). The number of nitrogens with one attached hydrogen (secondary N) is 2. The first-order valence-electron chi connectivity index (χ1n) is 11.1. The summed E-state index contributed by atoms with van der Waals surface area (Å²) in [5.41, 5.74) is 3.24. The molecule has 4 aromatic rings. The number of hydrogen-bond donors (Lipinski definition) is 2. The second-order valence-corrected chi connectivity index (χ2v) is 11.5. The summed E-state index contributed by atoms with van der Waals surface area (Å²) in [6.07, 6.45) is 4.07. The second-order valence-electron chi connectivity index (χ2n) is 9.38. The van der Waals surface area contributed by atoms with E-state index in [1.54, 1.807) is 17.7 Å². The smallest absolute Gasteiger partial charge is 0.305 e. The molecular formula is C23H21N5O3S2. The molecule has 0 bridgehead atoms. The summed E-state index contributed by atoms with van der Waals surface area (Å²) in [5.74, 6) is 1.12. The van der Waals surface area contributed by atoms with E-state index in [0.29, 0.717) is 5.91 Å². The minimum atomic E-state index is -0.0583. The van der Waals surface area contributed by atoms with Crippen LogP contribution in [0.25, 0.3) is 20.4 Å². The Hall–Kier alpha value is -2.82. The van der Waals surface area contributed by atoms with E-state index in [-0.39, 0.29) is 16.2 Å². The Morgan fingerprint density at radius 3 is 2.94 bits per heavy atom. The van der Waals surface area contributed by atoms with Gasteiger partial charge in [-0.15, -0.1) is 11.3 Å². The van der Waals surface area contributed by atoms with E-state index in [2.05, 4.69) is 20.3 Å². The quantitative estimate of drug-likeness (QED) is 0.468. The Labute approximate surface area is 196 Å². The SMILES string of the molecule is O=C([C@@H]1CCc2c(sc3ncnc(Nc4ccc5[nH]c(=O)sc5c4)c23)C1)N1CC2(COC2)C1. The monoisotopic (exact) mass is 479 g/mol. The zero-order valence-corrected chi connectivity index (χ0v) is 19.4. The van der Waals surface area contributed by atoms with Gasteiger partial charge in [0.1, 0.15) is 17.0 Å². The molecule has 3 aromatic heterocycles. The number of nitrogens with zero attached hydrogens (tertiary/aromatic N) is 3. The van der Waals surface area contributed by atoms with E-state index >= 15 is 0 Å². The summed E-state index contributed by atoms with van der Waals surface area (Å²) >= 11 is 2.88. The largest absolute Gasteiger partial charge is 0.380 e. The number of aromatic nitrogens is 3. The average Bonchev–Trinajstić information content (AvgIpc) is 3.30. The molecule has 0 radical (unpaired) electrons. The number of thiophene rings is 1. The van der Waals surface area contributed by atoms with Crippen molar-refractivity contribution in [1.82, 2.24) is 19.9 Å². The lowest BCUT2D eigenvalue weighted by Gasteiger charge is -2.55. The minimum absolute atomic E-state index is 0.0482. The molecule has 5 heterocycles. The number of benzene rings is 1. The molecule has 1 amide bonds. The Bertz CT molecular complexity index is 1480. The van der Waals surface area contributed by atoms with Crippen LogP contribution in [0.4, 0.5) is 11.5 Å². The highest BCUT2D eigenvalue weighted by Crippen LogP contribution is 2.43. The van der Waals surface area contributed by atoms with Crippen LogP contribution in [0, 0.1) is 11.3 Å². The summed E-state index contributed by atoms with van der Waals surface area (Å²) in [4.78, 5) is 40.8. The molecule has 0 saturated carbocycles. The molecule has 1 spiro atoms. The number of likely N-dealkylation sites (tertiary alicyclic amines) is 1. The number of carbonyl (C=O) groups is 1. The van der Waals surface area contributed by atoms with Crippen molar-refractivity contribution < 1.29 is 9.53 Å². The van der Waals surface area contributed by atoms with Crippen molar-refractivity contribution >= 4 is 60.5 Å². The van der Waals surface area contributed by atoms with Gasteiger partial charge in [-0.2, -0.15) is 0 Å². The summed E-state index contributed by atoms with van der Waals surface area (Å²) < 4.78 is 6.25. The molecule has 168 valence electrons. The Morgan fingerprint density at radius 1 is 1.24 bits per heavy atom. The van der Waals surface area contributed by atoms with Crippen molar-refractivity contribution in [2.75, 3.05) is 31.6 Å². The highest BCUT2D eigenvalue weighted by atomic mass is 32.1. The number of anilines is 2. The highest BCUT2D eigenvalue weighted by molar-refractivity contribution is 7.19. The number of hydrogen-bond acceptors (Lipinski definition) is 8. The first kappa shape index (κ1) is 19.6. The van der Waals surface area contributed by atoms with Crippen LogP contribution in [0.5, 0.6) is 0 Å². The van der Waals surface area contributed by atoms with Crippen LogP contribution in [0.1, 0.15) is 16.9 Å². The molecule has 2 fully saturated rings. The molecule has 0 unspecified atom stereocenters. The van der Waals surface area contributed by atoms with Crippen molar-refractivity contribution in [2.24, 2.45) is 11.3 Å². The first-order chi connectivity index (χ1) is 16.1. The van der Waals surface area contributed by atoms with Crippen LogP contribution in [0.3, 0.4) is 0 Å². The number of thiazole rings is 1. The van der Waals surface area contributed by atoms with Gasteiger partial charge in [-0.05, 0) is 43.0 Å². The third-order valence-corrected chi connectivity index (χ3v) is 9.07. The zero-order valence-electron chi connectivity index (χ0n) is 17.7. The van der Waals surface area contributed by atoms with Crippen LogP contribution in [0.15, 0.2) is 29.3 Å². The Balaban J connectivity index is 1.16. The van der Waals surface area contributed by atoms with Crippen LogP contribution in [0.2, 0.25) is 0 Å². The minimum Gasteiger partial charge on any atom is -0.380 e. The van der Waals surface area contributed by atoms with E-state index < -0.39 is 0 Å². The van der Waals surface area contributed by atoms with Crippen molar-refractivity contribution in [3.05, 3.63) is 44.6 Å². The van der Waals surface area contributed by atoms with E-state index in [1.165, 1.54) is 21.8 Å². The van der Waals surface area contributed by atoms with Crippen molar-refractivity contribution in [1.29, 1.82) is 0 Å². The van der Waals surface area contributed by atoms with Gasteiger partial charge in [-0.3, -0.25) is 9.59 Å². The van der Waals surface area contributed by atoms with E-state index in [0.717, 1.165) is 77.5 Å². The molecular weight excluding hydrogens is 458 g/mol. The number of fused-ring (bicyclic) bond motifs is 4. The summed E-state index contributed by atoms with van der Waals surface area (Å²) in [6, 6.07) is 5.81. The maximum absolute atomic E-state index is 13.1. The third kappa shape index (κ3) is 3.12. The van der Waals surface area contributed by atoms with Gasteiger partial charge in [-0.1, -0.05) is 11.3 Å². The predicted octanol–water partition coefficient (Wildman–Crippen LogP) is 3.30.